The van der Waals surface area contributed by atoms with Crippen LogP contribution in [0.15, 0.2) is 60.1 Å². The molecule has 0 spiro atoms. The van der Waals surface area contributed by atoms with Crippen LogP contribution in [0.3, 0.4) is 0 Å². The molecule has 10 nitrogen and oxygen atoms in total. The number of halogens is 1. The highest BCUT2D eigenvalue weighted by Gasteiger charge is 2.35. The zero-order valence-corrected chi connectivity index (χ0v) is 24.4. The minimum absolute atomic E-state index is 0.256. The van der Waals surface area contributed by atoms with Crippen LogP contribution in [0.4, 0.5) is 5.95 Å². The lowest BCUT2D eigenvalue weighted by atomic mass is 10.0. The van der Waals surface area contributed by atoms with Gasteiger partial charge in [0.05, 0.1) is 41.0 Å². The van der Waals surface area contributed by atoms with Gasteiger partial charge in [-0.3, -0.25) is 9.59 Å². The van der Waals surface area contributed by atoms with Gasteiger partial charge in [0, 0.05) is 30.4 Å². The standard InChI is InChI=1S/C30H34ClN7O3/c1-16-7-6-8-20(11-16)25(15-39)35-28(40)19(4)38-14-22-10-9-21(12-23(22)29(38)41)27-24(31)13-34-30(37-27)36-26(17(2)32)18(3)33-5/h6-13,19,25,32-33,39H,14-15H2,1-5H3,(H,35,40)(H,34,36,37)/b26-18+,32-17?/t19-,25-/m1/s1. The summed E-state index contributed by atoms with van der Waals surface area (Å²) in [5, 5.41) is 27.2. The molecule has 11 heteroatoms. The Bertz CT molecular complexity index is 1540. The molecule has 3 aromatic rings. The van der Waals surface area contributed by atoms with E-state index in [2.05, 4.69) is 25.9 Å². The first-order valence-electron chi connectivity index (χ1n) is 13.2. The van der Waals surface area contributed by atoms with Crippen LogP contribution < -0.4 is 16.0 Å². The van der Waals surface area contributed by atoms with Crippen LogP contribution in [0.25, 0.3) is 11.3 Å². The van der Waals surface area contributed by atoms with E-state index in [0.29, 0.717) is 33.3 Å². The summed E-state index contributed by atoms with van der Waals surface area (Å²) in [5.41, 5.74) is 5.71. The summed E-state index contributed by atoms with van der Waals surface area (Å²) in [6, 6.07) is 11.6. The highest BCUT2D eigenvalue weighted by molar-refractivity contribution is 6.33. The Balaban J connectivity index is 1.55. The van der Waals surface area contributed by atoms with Gasteiger partial charge in [-0.1, -0.05) is 53.6 Å². The molecule has 214 valence electrons. The normalized spacial score (nSPS) is 14.6. The lowest BCUT2D eigenvalue weighted by Crippen LogP contribution is -2.46. The molecule has 1 aliphatic rings. The lowest BCUT2D eigenvalue weighted by molar-refractivity contribution is -0.126. The number of aromatic nitrogens is 2. The van der Waals surface area contributed by atoms with E-state index in [0.717, 1.165) is 22.4 Å². The Morgan fingerprint density at radius 2 is 1.98 bits per heavy atom. The topological polar surface area (TPSA) is 143 Å². The molecule has 0 unspecified atom stereocenters. The Morgan fingerprint density at radius 3 is 2.63 bits per heavy atom. The molecule has 1 aromatic heterocycles. The number of hydrogen-bond donors (Lipinski definition) is 5. The number of carbonyl (C=O) groups excluding carboxylic acids is 2. The molecule has 2 atom stereocenters. The lowest BCUT2D eigenvalue weighted by Gasteiger charge is -2.26. The second kappa shape index (κ2) is 12.5. The van der Waals surface area contributed by atoms with Gasteiger partial charge < -0.3 is 31.4 Å². The molecule has 4 rings (SSSR count). The maximum Gasteiger partial charge on any atom is 0.255 e. The number of aryl methyl sites for hydroxylation is 1. The van der Waals surface area contributed by atoms with Crippen molar-refractivity contribution in [3.8, 4) is 11.3 Å². The van der Waals surface area contributed by atoms with E-state index in [1.807, 2.05) is 50.2 Å². The number of nitrogens with zero attached hydrogens (tertiary/aromatic N) is 3. The molecule has 0 saturated carbocycles. The van der Waals surface area contributed by atoms with Crippen LogP contribution in [0.2, 0.25) is 5.02 Å². The summed E-state index contributed by atoms with van der Waals surface area (Å²) in [6.07, 6.45) is 1.47. The van der Waals surface area contributed by atoms with E-state index in [9.17, 15) is 14.7 Å². The van der Waals surface area contributed by atoms with E-state index in [4.69, 9.17) is 17.0 Å². The van der Waals surface area contributed by atoms with Crippen molar-refractivity contribution < 1.29 is 14.7 Å². The Kier molecular flexibility index (Phi) is 9.05. The van der Waals surface area contributed by atoms with Crippen molar-refractivity contribution in [3.63, 3.8) is 0 Å². The quantitative estimate of drug-likeness (QED) is 0.228. The van der Waals surface area contributed by atoms with Gasteiger partial charge in [-0.15, -0.1) is 0 Å². The van der Waals surface area contributed by atoms with Crippen LogP contribution in [-0.4, -0.2) is 57.2 Å². The molecule has 0 radical (unpaired) electrons. The summed E-state index contributed by atoms with van der Waals surface area (Å²) in [6.45, 7) is 7.12. The van der Waals surface area contributed by atoms with Crippen molar-refractivity contribution in [2.24, 2.45) is 0 Å². The van der Waals surface area contributed by atoms with Gasteiger partial charge in [0.2, 0.25) is 11.9 Å². The number of aliphatic hydroxyl groups excluding tert-OH is 1. The van der Waals surface area contributed by atoms with E-state index < -0.39 is 12.1 Å². The number of benzene rings is 2. The third-order valence-electron chi connectivity index (χ3n) is 7.11. The van der Waals surface area contributed by atoms with Crippen LogP contribution in [0.1, 0.15) is 53.9 Å². The number of aliphatic hydroxyl groups is 1. The first kappa shape index (κ1) is 29.7. The number of rotatable bonds is 10. The number of nitrogens with one attached hydrogen (secondary N) is 4. The van der Waals surface area contributed by atoms with Crippen molar-refractivity contribution in [3.05, 3.63) is 87.3 Å². The van der Waals surface area contributed by atoms with Crippen molar-refractivity contribution in [2.75, 3.05) is 19.0 Å². The number of amides is 2. The van der Waals surface area contributed by atoms with Gasteiger partial charge in [0.25, 0.3) is 5.91 Å². The van der Waals surface area contributed by atoms with Gasteiger partial charge in [0.15, 0.2) is 0 Å². The minimum Gasteiger partial charge on any atom is -0.394 e. The average Bonchev–Trinajstić information content (AvgIpc) is 3.29. The first-order chi connectivity index (χ1) is 19.5. The van der Waals surface area contributed by atoms with Gasteiger partial charge in [-0.05, 0) is 44.9 Å². The molecule has 0 bridgehead atoms. The SMILES string of the molecule is CN/C(C)=C(/Nc1ncc(Cl)c(-c2ccc3c(c2)C(=O)N([C@H](C)C(=O)N[C@H](CO)c2cccc(C)c2)C3)n1)C(C)=N. The maximum atomic E-state index is 13.5. The zero-order valence-electron chi connectivity index (χ0n) is 23.7. The zero-order chi connectivity index (χ0) is 29.8. The van der Waals surface area contributed by atoms with Crippen LogP contribution >= 0.6 is 11.6 Å². The largest absolute Gasteiger partial charge is 0.394 e. The van der Waals surface area contributed by atoms with Crippen LogP contribution in [0, 0.1) is 12.3 Å². The van der Waals surface area contributed by atoms with Crippen molar-refractivity contribution in [1.29, 1.82) is 5.41 Å². The monoisotopic (exact) mass is 575 g/mol. The molecule has 1 aliphatic heterocycles. The predicted octanol–water partition coefficient (Wildman–Crippen LogP) is 4.20. The molecule has 2 heterocycles. The summed E-state index contributed by atoms with van der Waals surface area (Å²) in [5.74, 6) is -0.381. The summed E-state index contributed by atoms with van der Waals surface area (Å²) in [7, 11) is 1.76. The van der Waals surface area contributed by atoms with Crippen molar-refractivity contribution in [2.45, 2.75) is 46.3 Å². The molecule has 0 saturated heterocycles. The molecule has 2 aromatic carbocycles. The third kappa shape index (κ3) is 6.39. The van der Waals surface area contributed by atoms with E-state index in [-0.39, 0.29) is 30.9 Å². The second-order valence-corrected chi connectivity index (χ2v) is 10.4. The fraction of sp³-hybridized carbons (Fsp3) is 0.300. The number of anilines is 1. The van der Waals surface area contributed by atoms with Gasteiger partial charge in [0.1, 0.15) is 6.04 Å². The highest BCUT2D eigenvalue weighted by Crippen LogP contribution is 2.32. The van der Waals surface area contributed by atoms with E-state index >= 15 is 0 Å². The first-order valence-corrected chi connectivity index (χ1v) is 13.6. The molecular weight excluding hydrogens is 542 g/mol. The van der Waals surface area contributed by atoms with Crippen LogP contribution in [-0.2, 0) is 11.3 Å². The predicted molar refractivity (Wildman–Crippen MR) is 160 cm³/mol. The van der Waals surface area contributed by atoms with Gasteiger partial charge >= 0.3 is 0 Å². The van der Waals surface area contributed by atoms with Crippen LogP contribution in [0.5, 0.6) is 0 Å². The number of allylic oxidation sites excluding steroid dienone is 2. The van der Waals surface area contributed by atoms with Gasteiger partial charge in [-0.25, -0.2) is 9.97 Å². The minimum atomic E-state index is -0.763. The molecule has 2 amide bonds. The fourth-order valence-electron chi connectivity index (χ4n) is 4.67. The van der Waals surface area contributed by atoms with E-state index in [1.54, 1.807) is 27.0 Å². The smallest absolute Gasteiger partial charge is 0.255 e. The summed E-state index contributed by atoms with van der Waals surface area (Å²) >= 11 is 6.46. The Labute approximate surface area is 244 Å². The maximum absolute atomic E-state index is 13.5. The molecule has 41 heavy (non-hydrogen) atoms. The molecule has 0 fully saturated rings. The Morgan fingerprint density at radius 1 is 1.22 bits per heavy atom. The molecule has 5 N–H and O–H groups in total. The highest BCUT2D eigenvalue weighted by atomic mass is 35.5. The number of fused-ring (bicyclic) bond motifs is 1. The summed E-state index contributed by atoms with van der Waals surface area (Å²) < 4.78 is 0. The van der Waals surface area contributed by atoms with Crippen molar-refractivity contribution >= 4 is 35.1 Å². The number of carbonyl (C=O) groups is 2. The second-order valence-electron chi connectivity index (χ2n) is 10.0. The Hall–Kier alpha value is -4.28. The molecular formula is C30H34ClN7O3. The van der Waals surface area contributed by atoms with Gasteiger partial charge in [-0.2, -0.15) is 0 Å². The average molecular weight is 576 g/mol. The number of hydrogen-bond acceptors (Lipinski definition) is 8. The third-order valence-corrected chi connectivity index (χ3v) is 7.39. The fourth-order valence-corrected chi connectivity index (χ4v) is 4.87. The van der Waals surface area contributed by atoms with Crippen molar-refractivity contribution in [1.82, 2.24) is 25.5 Å². The van der Waals surface area contributed by atoms with E-state index in [1.165, 1.54) is 11.1 Å². The summed E-state index contributed by atoms with van der Waals surface area (Å²) in [4.78, 5) is 36.9. The molecule has 0 aliphatic carbocycles.